The Morgan fingerprint density at radius 1 is 1.12 bits per heavy atom. The molecule has 0 aliphatic carbocycles. The minimum atomic E-state index is -0.400. The zero-order valence-corrected chi connectivity index (χ0v) is 20.5. The topological polar surface area (TPSA) is 69.7 Å². The first-order valence-corrected chi connectivity index (χ1v) is 12.8. The number of fused-ring (bicyclic) bond motifs is 1. The van der Waals surface area contributed by atoms with Crippen LogP contribution in [0.2, 0.25) is 0 Å². The van der Waals surface area contributed by atoms with Crippen LogP contribution in [0.4, 0.5) is 0 Å². The first-order chi connectivity index (χ1) is 16.4. The summed E-state index contributed by atoms with van der Waals surface area (Å²) in [6, 6.07) is 14.6. The molecule has 34 heavy (non-hydrogen) atoms. The Bertz CT molecular complexity index is 1040. The zero-order chi connectivity index (χ0) is 24.1. The summed E-state index contributed by atoms with van der Waals surface area (Å²) in [6.45, 7) is 6.63. The van der Waals surface area contributed by atoms with Crippen molar-refractivity contribution in [3.05, 3.63) is 48.0 Å². The van der Waals surface area contributed by atoms with Crippen LogP contribution in [0.5, 0.6) is 0 Å². The van der Waals surface area contributed by atoms with Gasteiger partial charge in [0.2, 0.25) is 17.7 Å². The van der Waals surface area contributed by atoms with E-state index in [0.717, 1.165) is 25.7 Å². The monoisotopic (exact) mass is 463 g/mol. The number of amides is 3. The van der Waals surface area contributed by atoms with Gasteiger partial charge in [0.1, 0.15) is 0 Å². The third kappa shape index (κ3) is 5.26. The number of nitrogens with zero attached hydrogens (tertiary/aromatic N) is 2. The quantitative estimate of drug-likeness (QED) is 0.645. The van der Waals surface area contributed by atoms with E-state index >= 15 is 0 Å². The Morgan fingerprint density at radius 3 is 2.62 bits per heavy atom. The molecule has 0 aromatic heterocycles. The Labute approximate surface area is 202 Å². The Hall–Kier alpha value is -2.89. The molecule has 6 heteroatoms. The Kier molecular flexibility index (Phi) is 7.54. The number of likely N-dealkylation sites (tertiary alicyclic amines) is 1. The van der Waals surface area contributed by atoms with Crippen molar-refractivity contribution in [3.8, 4) is 0 Å². The first-order valence-electron chi connectivity index (χ1n) is 12.8. The predicted molar refractivity (Wildman–Crippen MR) is 134 cm³/mol. The van der Waals surface area contributed by atoms with Gasteiger partial charge in [0.25, 0.3) is 0 Å². The number of piperidine rings is 1. The fraction of sp³-hybridized carbons (Fsp3) is 0.536. The van der Waals surface area contributed by atoms with E-state index in [-0.39, 0.29) is 23.6 Å². The van der Waals surface area contributed by atoms with E-state index in [0.29, 0.717) is 45.4 Å². The van der Waals surface area contributed by atoms with E-state index in [1.807, 2.05) is 35.8 Å². The van der Waals surface area contributed by atoms with Crippen LogP contribution in [0.15, 0.2) is 42.5 Å². The van der Waals surface area contributed by atoms with E-state index in [1.54, 1.807) is 0 Å². The summed E-state index contributed by atoms with van der Waals surface area (Å²) in [4.78, 5) is 42.0. The van der Waals surface area contributed by atoms with Gasteiger partial charge in [0, 0.05) is 44.6 Å². The molecule has 2 aromatic rings. The SMILES string of the molecule is CCN(CC)C(=O)[C@@H]1CCCN(C(=O)CC[C@@]2(Cc3cccc4ccccc34)CCC(=O)N2)C1. The maximum atomic E-state index is 13.2. The van der Waals surface area contributed by atoms with Crippen LogP contribution in [-0.2, 0) is 20.8 Å². The van der Waals surface area contributed by atoms with Crippen molar-refractivity contribution < 1.29 is 14.4 Å². The minimum Gasteiger partial charge on any atom is -0.350 e. The second kappa shape index (κ2) is 10.6. The lowest BCUT2D eigenvalue weighted by molar-refractivity contribution is -0.141. The molecule has 2 aromatic carbocycles. The van der Waals surface area contributed by atoms with Crippen molar-refractivity contribution in [1.82, 2.24) is 15.1 Å². The second-order valence-corrected chi connectivity index (χ2v) is 9.83. The molecule has 6 nitrogen and oxygen atoms in total. The molecule has 2 heterocycles. The number of hydrogen-bond donors (Lipinski definition) is 1. The number of hydrogen-bond acceptors (Lipinski definition) is 3. The van der Waals surface area contributed by atoms with Gasteiger partial charge in [-0.25, -0.2) is 0 Å². The highest BCUT2D eigenvalue weighted by Crippen LogP contribution is 2.32. The van der Waals surface area contributed by atoms with Crippen molar-refractivity contribution in [2.24, 2.45) is 5.92 Å². The molecule has 0 saturated carbocycles. The number of carbonyl (C=O) groups excluding carboxylic acids is 3. The van der Waals surface area contributed by atoms with Crippen molar-refractivity contribution in [2.75, 3.05) is 26.2 Å². The van der Waals surface area contributed by atoms with Crippen molar-refractivity contribution >= 4 is 28.5 Å². The molecular formula is C28H37N3O3. The first kappa shape index (κ1) is 24.2. The number of rotatable bonds is 8. The summed E-state index contributed by atoms with van der Waals surface area (Å²) in [5.41, 5.74) is 0.805. The van der Waals surface area contributed by atoms with Gasteiger partial charge >= 0.3 is 0 Å². The molecule has 0 spiro atoms. The van der Waals surface area contributed by atoms with Gasteiger partial charge in [-0.3, -0.25) is 14.4 Å². The third-order valence-electron chi connectivity index (χ3n) is 7.66. The molecule has 2 aliphatic rings. The molecule has 3 amide bonds. The van der Waals surface area contributed by atoms with Crippen LogP contribution in [0.25, 0.3) is 10.8 Å². The van der Waals surface area contributed by atoms with Gasteiger partial charge in [-0.1, -0.05) is 42.5 Å². The standard InChI is InChI=1S/C28H37N3O3/c1-3-30(4-2)27(34)23-12-8-18-31(20-23)26(33)15-17-28(16-14-25(32)29-28)19-22-11-7-10-21-9-5-6-13-24(21)22/h5-7,9-11,13,23H,3-4,8,12,14-20H2,1-2H3,(H,29,32)/t23-,28-/m1/s1. The average Bonchev–Trinajstić information content (AvgIpc) is 3.24. The van der Waals surface area contributed by atoms with E-state index < -0.39 is 5.54 Å². The van der Waals surface area contributed by atoms with E-state index in [9.17, 15) is 14.4 Å². The van der Waals surface area contributed by atoms with Crippen molar-refractivity contribution in [2.45, 2.75) is 64.3 Å². The van der Waals surface area contributed by atoms with Crippen molar-refractivity contribution in [3.63, 3.8) is 0 Å². The fourth-order valence-electron chi connectivity index (χ4n) is 5.70. The van der Waals surface area contributed by atoms with E-state index in [1.165, 1.54) is 16.3 Å². The number of carbonyl (C=O) groups is 3. The van der Waals surface area contributed by atoms with Gasteiger partial charge in [-0.05, 0) is 62.3 Å². The van der Waals surface area contributed by atoms with Crippen LogP contribution < -0.4 is 5.32 Å². The van der Waals surface area contributed by atoms with Crippen LogP contribution >= 0.6 is 0 Å². The Morgan fingerprint density at radius 2 is 1.88 bits per heavy atom. The highest BCUT2D eigenvalue weighted by Gasteiger charge is 2.39. The number of benzene rings is 2. The summed E-state index contributed by atoms with van der Waals surface area (Å²) < 4.78 is 0. The van der Waals surface area contributed by atoms with Crippen LogP contribution in [0.1, 0.15) is 57.9 Å². The molecule has 0 bridgehead atoms. The zero-order valence-electron chi connectivity index (χ0n) is 20.5. The normalized spacial score (nSPS) is 22.6. The molecule has 2 aliphatic heterocycles. The highest BCUT2D eigenvalue weighted by molar-refractivity contribution is 5.86. The van der Waals surface area contributed by atoms with Gasteiger partial charge in [0.05, 0.1) is 5.92 Å². The van der Waals surface area contributed by atoms with Gasteiger partial charge < -0.3 is 15.1 Å². The smallest absolute Gasteiger partial charge is 0.227 e. The molecule has 2 fully saturated rings. The molecule has 2 atom stereocenters. The minimum absolute atomic E-state index is 0.0653. The Balaban J connectivity index is 1.44. The van der Waals surface area contributed by atoms with Crippen LogP contribution in [0, 0.1) is 5.92 Å². The largest absolute Gasteiger partial charge is 0.350 e. The summed E-state index contributed by atoms with van der Waals surface area (Å²) in [6.07, 6.45) is 4.68. The molecule has 4 rings (SSSR count). The molecule has 0 unspecified atom stereocenters. The third-order valence-corrected chi connectivity index (χ3v) is 7.66. The van der Waals surface area contributed by atoms with Gasteiger partial charge in [-0.15, -0.1) is 0 Å². The van der Waals surface area contributed by atoms with E-state index in [4.69, 9.17) is 0 Å². The average molecular weight is 464 g/mol. The molecule has 1 N–H and O–H groups in total. The lowest BCUT2D eigenvalue weighted by Crippen LogP contribution is -2.48. The summed E-state index contributed by atoms with van der Waals surface area (Å²) in [5.74, 6) is 0.220. The summed E-state index contributed by atoms with van der Waals surface area (Å²) in [7, 11) is 0. The van der Waals surface area contributed by atoms with Gasteiger partial charge in [-0.2, -0.15) is 0 Å². The maximum Gasteiger partial charge on any atom is 0.227 e. The summed E-state index contributed by atoms with van der Waals surface area (Å²) in [5, 5.41) is 5.61. The fourth-order valence-corrected chi connectivity index (χ4v) is 5.70. The van der Waals surface area contributed by atoms with Crippen LogP contribution in [0.3, 0.4) is 0 Å². The molecular weight excluding hydrogens is 426 g/mol. The lowest BCUT2D eigenvalue weighted by atomic mass is 9.83. The predicted octanol–water partition coefficient (Wildman–Crippen LogP) is 3.92. The molecule has 182 valence electrons. The highest BCUT2D eigenvalue weighted by atomic mass is 16.2. The molecule has 0 radical (unpaired) electrons. The molecule has 2 saturated heterocycles. The number of nitrogens with one attached hydrogen (secondary N) is 1. The lowest BCUT2D eigenvalue weighted by Gasteiger charge is -2.36. The van der Waals surface area contributed by atoms with Crippen molar-refractivity contribution in [1.29, 1.82) is 0 Å². The second-order valence-electron chi connectivity index (χ2n) is 9.83. The van der Waals surface area contributed by atoms with Crippen LogP contribution in [-0.4, -0.2) is 59.2 Å². The maximum absolute atomic E-state index is 13.2. The summed E-state index contributed by atoms with van der Waals surface area (Å²) >= 11 is 0. The van der Waals surface area contributed by atoms with Gasteiger partial charge in [0.15, 0.2) is 0 Å². The van der Waals surface area contributed by atoms with E-state index in [2.05, 4.69) is 35.6 Å².